The molecule has 0 spiro atoms. The standard InChI is InChI=1S/C12H18N2O6S/c1-8-6-11(20-9(2)4-5-19-3)10(14(15)16)7-12(8)21(13,17)18/h6-7,9H,4-5H2,1-3H3,(H2,13,17,18). The third-order valence-electron chi connectivity index (χ3n) is 2.82. The minimum absolute atomic E-state index is 0.00787. The van der Waals surface area contributed by atoms with Crippen molar-refractivity contribution >= 4 is 15.7 Å². The number of hydrogen-bond donors (Lipinski definition) is 1. The maximum atomic E-state index is 11.4. The number of nitro groups is 1. The molecule has 1 rings (SSSR count). The lowest BCUT2D eigenvalue weighted by atomic mass is 10.2. The number of sulfonamides is 1. The van der Waals surface area contributed by atoms with E-state index in [0.717, 1.165) is 6.07 Å². The van der Waals surface area contributed by atoms with Crippen molar-refractivity contribution in [1.29, 1.82) is 0 Å². The molecule has 0 radical (unpaired) electrons. The maximum Gasteiger partial charge on any atom is 0.312 e. The smallest absolute Gasteiger partial charge is 0.312 e. The fourth-order valence-electron chi connectivity index (χ4n) is 1.75. The number of nitro benzene ring substituents is 1. The summed E-state index contributed by atoms with van der Waals surface area (Å²) in [5.74, 6) is 0.00787. The molecule has 2 N–H and O–H groups in total. The molecule has 8 nitrogen and oxygen atoms in total. The molecule has 0 aliphatic carbocycles. The molecule has 0 aliphatic rings. The number of hydrogen-bond acceptors (Lipinski definition) is 6. The van der Waals surface area contributed by atoms with Crippen molar-refractivity contribution < 1.29 is 22.8 Å². The number of rotatable bonds is 7. The number of benzene rings is 1. The zero-order chi connectivity index (χ0) is 16.2. The van der Waals surface area contributed by atoms with E-state index in [4.69, 9.17) is 14.6 Å². The Bertz CT molecular complexity index is 629. The van der Waals surface area contributed by atoms with E-state index in [-0.39, 0.29) is 22.3 Å². The molecule has 1 aromatic carbocycles. The highest BCUT2D eigenvalue weighted by Gasteiger charge is 2.24. The van der Waals surface area contributed by atoms with Crippen LogP contribution in [0.2, 0.25) is 0 Å². The van der Waals surface area contributed by atoms with E-state index in [9.17, 15) is 18.5 Å². The lowest BCUT2D eigenvalue weighted by molar-refractivity contribution is -0.386. The summed E-state index contributed by atoms with van der Waals surface area (Å²) in [5.41, 5.74) is -0.147. The molecule has 21 heavy (non-hydrogen) atoms. The van der Waals surface area contributed by atoms with Crippen LogP contribution < -0.4 is 9.88 Å². The van der Waals surface area contributed by atoms with E-state index in [1.807, 2.05) is 0 Å². The third kappa shape index (κ3) is 4.66. The van der Waals surface area contributed by atoms with Gasteiger partial charge in [0.2, 0.25) is 10.0 Å². The van der Waals surface area contributed by atoms with E-state index in [0.29, 0.717) is 13.0 Å². The average molecular weight is 318 g/mol. The van der Waals surface area contributed by atoms with Crippen molar-refractivity contribution in [3.8, 4) is 5.75 Å². The fraction of sp³-hybridized carbons (Fsp3) is 0.500. The molecule has 0 saturated heterocycles. The van der Waals surface area contributed by atoms with Crippen LogP contribution in [0.25, 0.3) is 0 Å². The molecule has 0 saturated carbocycles. The van der Waals surface area contributed by atoms with Crippen LogP contribution in [-0.4, -0.2) is 33.2 Å². The number of ether oxygens (including phenoxy) is 2. The van der Waals surface area contributed by atoms with Gasteiger partial charge >= 0.3 is 5.69 Å². The van der Waals surface area contributed by atoms with Gasteiger partial charge in [-0.15, -0.1) is 0 Å². The topological polar surface area (TPSA) is 122 Å². The second kappa shape index (κ2) is 6.83. The monoisotopic (exact) mass is 318 g/mol. The van der Waals surface area contributed by atoms with Crippen LogP contribution in [0.15, 0.2) is 17.0 Å². The summed E-state index contributed by atoms with van der Waals surface area (Å²) in [6, 6.07) is 2.23. The van der Waals surface area contributed by atoms with Crippen LogP contribution in [0.3, 0.4) is 0 Å². The summed E-state index contributed by atoms with van der Waals surface area (Å²) in [7, 11) is -2.49. The van der Waals surface area contributed by atoms with Gasteiger partial charge in [0.1, 0.15) is 0 Å². The van der Waals surface area contributed by atoms with Crippen molar-refractivity contribution in [2.75, 3.05) is 13.7 Å². The van der Waals surface area contributed by atoms with Gasteiger partial charge in [-0.25, -0.2) is 13.6 Å². The minimum Gasteiger partial charge on any atom is -0.484 e. The number of nitrogens with two attached hydrogens (primary N) is 1. The van der Waals surface area contributed by atoms with E-state index in [1.54, 1.807) is 14.0 Å². The maximum absolute atomic E-state index is 11.4. The molecular formula is C12H18N2O6S. The van der Waals surface area contributed by atoms with Crippen molar-refractivity contribution in [1.82, 2.24) is 0 Å². The SMILES string of the molecule is COCCC(C)Oc1cc(C)c(S(N)(=O)=O)cc1[N+](=O)[O-]. The number of primary sulfonamides is 1. The van der Waals surface area contributed by atoms with Gasteiger partial charge in [-0.2, -0.15) is 0 Å². The Labute approximate surface area is 123 Å². The van der Waals surface area contributed by atoms with Crippen LogP contribution in [0.4, 0.5) is 5.69 Å². The van der Waals surface area contributed by atoms with Gasteiger partial charge < -0.3 is 9.47 Å². The van der Waals surface area contributed by atoms with Gasteiger partial charge in [0.05, 0.1) is 15.9 Å². The van der Waals surface area contributed by atoms with Gasteiger partial charge in [0.25, 0.3) is 0 Å². The predicted molar refractivity (Wildman–Crippen MR) is 75.8 cm³/mol. The van der Waals surface area contributed by atoms with E-state index in [2.05, 4.69) is 0 Å². The molecule has 9 heteroatoms. The number of methoxy groups -OCH3 is 1. The largest absolute Gasteiger partial charge is 0.484 e. The van der Waals surface area contributed by atoms with E-state index in [1.165, 1.54) is 13.0 Å². The summed E-state index contributed by atoms with van der Waals surface area (Å²) >= 11 is 0. The van der Waals surface area contributed by atoms with Crippen molar-refractivity contribution in [2.24, 2.45) is 5.14 Å². The molecule has 1 unspecified atom stereocenters. The van der Waals surface area contributed by atoms with Gasteiger partial charge in [-0.05, 0) is 25.5 Å². The Morgan fingerprint density at radius 1 is 1.43 bits per heavy atom. The first-order valence-electron chi connectivity index (χ1n) is 6.14. The second-order valence-electron chi connectivity index (χ2n) is 4.60. The van der Waals surface area contributed by atoms with E-state index < -0.39 is 20.6 Å². The highest BCUT2D eigenvalue weighted by molar-refractivity contribution is 7.89. The minimum atomic E-state index is -4.03. The summed E-state index contributed by atoms with van der Waals surface area (Å²) in [5, 5.41) is 16.1. The normalized spacial score (nSPS) is 13.0. The molecule has 118 valence electrons. The molecule has 0 bridgehead atoms. The summed E-state index contributed by atoms with van der Waals surface area (Å²) in [6.45, 7) is 3.69. The summed E-state index contributed by atoms with van der Waals surface area (Å²) < 4.78 is 33.2. The van der Waals surface area contributed by atoms with Gasteiger partial charge in [0, 0.05) is 26.2 Å². The second-order valence-corrected chi connectivity index (χ2v) is 6.13. The molecule has 0 aromatic heterocycles. The molecular weight excluding hydrogens is 300 g/mol. The highest BCUT2D eigenvalue weighted by atomic mass is 32.2. The Hall–Kier alpha value is -1.71. The molecule has 1 aromatic rings. The first-order valence-corrected chi connectivity index (χ1v) is 7.69. The first kappa shape index (κ1) is 17.3. The van der Waals surface area contributed by atoms with Gasteiger partial charge in [0.15, 0.2) is 5.75 Å². The van der Waals surface area contributed by atoms with Crippen LogP contribution in [0, 0.1) is 17.0 Å². The summed E-state index contributed by atoms with van der Waals surface area (Å²) in [6.07, 6.45) is 0.229. The van der Waals surface area contributed by atoms with E-state index >= 15 is 0 Å². The highest BCUT2D eigenvalue weighted by Crippen LogP contribution is 2.33. The van der Waals surface area contributed by atoms with Gasteiger partial charge in [-0.1, -0.05) is 0 Å². The van der Waals surface area contributed by atoms with Crippen molar-refractivity contribution in [3.05, 3.63) is 27.8 Å². The molecule has 0 heterocycles. The van der Waals surface area contributed by atoms with Crippen LogP contribution in [0.1, 0.15) is 18.9 Å². The number of nitrogens with zero attached hydrogens (tertiary/aromatic N) is 1. The molecule has 0 amide bonds. The van der Waals surface area contributed by atoms with Crippen LogP contribution >= 0.6 is 0 Å². The Morgan fingerprint density at radius 3 is 2.52 bits per heavy atom. The zero-order valence-electron chi connectivity index (χ0n) is 12.0. The van der Waals surface area contributed by atoms with Gasteiger partial charge in [-0.3, -0.25) is 10.1 Å². The Kier molecular flexibility index (Phi) is 5.64. The first-order chi connectivity index (χ1) is 9.66. The Morgan fingerprint density at radius 2 is 2.05 bits per heavy atom. The van der Waals surface area contributed by atoms with Crippen LogP contribution in [-0.2, 0) is 14.8 Å². The lowest BCUT2D eigenvalue weighted by Gasteiger charge is -2.15. The zero-order valence-corrected chi connectivity index (χ0v) is 12.8. The van der Waals surface area contributed by atoms with Crippen molar-refractivity contribution in [2.45, 2.75) is 31.3 Å². The quantitative estimate of drug-likeness (QED) is 0.598. The average Bonchev–Trinajstić information content (AvgIpc) is 2.34. The predicted octanol–water partition coefficient (Wildman–Crippen LogP) is 1.35. The summed E-state index contributed by atoms with van der Waals surface area (Å²) in [4.78, 5) is 10.1. The molecule has 0 aliphatic heterocycles. The molecule has 1 atom stereocenters. The lowest BCUT2D eigenvalue weighted by Crippen LogP contribution is -2.17. The fourth-order valence-corrected chi connectivity index (χ4v) is 2.54. The Balaban J connectivity index is 3.21. The third-order valence-corrected chi connectivity index (χ3v) is 3.87. The van der Waals surface area contributed by atoms with Crippen LogP contribution in [0.5, 0.6) is 5.75 Å². The van der Waals surface area contributed by atoms with Crippen molar-refractivity contribution in [3.63, 3.8) is 0 Å². The molecule has 0 fully saturated rings. The number of aryl methyl sites for hydroxylation is 1.